The minimum atomic E-state index is -0.453. The van der Waals surface area contributed by atoms with E-state index in [0.29, 0.717) is 21.8 Å². The van der Waals surface area contributed by atoms with Gasteiger partial charge in [0.05, 0.1) is 15.5 Å². The van der Waals surface area contributed by atoms with E-state index in [1.165, 1.54) is 23.5 Å². The van der Waals surface area contributed by atoms with E-state index in [2.05, 4.69) is 10.3 Å². The van der Waals surface area contributed by atoms with Crippen molar-refractivity contribution in [2.75, 3.05) is 5.32 Å². The number of hydrogen-bond acceptors (Lipinski definition) is 6. The molecule has 4 rings (SSSR count). The number of nitro benzene ring substituents is 1. The molecule has 6 nitrogen and oxygen atoms in total. The summed E-state index contributed by atoms with van der Waals surface area (Å²) in [5.74, 6) is -0.264. The van der Waals surface area contributed by atoms with Gasteiger partial charge in [0.1, 0.15) is 9.88 Å². The van der Waals surface area contributed by atoms with Crippen LogP contribution in [-0.4, -0.2) is 15.8 Å². The molecule has 0 aliphatic carbocycles. The summed E-state index contributed by atoms with van der Waals surface area (Å²) in [4.78, 5) is 29.5. The number of anilines is 1. The summed E-state index contributed by atoms with van der Waals surface area (Å²) in [6.45, 7) is 0. The van der Waals surface area contributed by atoms with E-state index in [1.807, 2.05) is 47.8 Å². The topological polar surface area (TPSA) is 85.1 Å². The van der Waals surface area contributed by atoms with Crippen molar-refractivity contribution in [1.82, 2.24) is 4.98 Å². The fraction of sp³-hybridized carbons (Fsp3) is 0. The molecule has 0 unspecified atom stereocenters. The molecule has 2 heterocycles. The van der Waals surface area contributed by atoms with Gasteiger partial charge in [0.2, 0.25) is 0 Å². The lowest BCUT2D eigenvalue weighted by atomic mass is 10.1. The number of aromatic nitrogens is 1. The Morgan fingerprint density at radius 1 is 1.00 bits per heavy atom. The van der Waals surface area contributed by atoms with Gasteiger partial charge >= 0.3 is 0 Å². The minimum absolute atomic E-state index is 0.00672. The summed E-state index contributed by atoms with van der Waals surface area (Å²) in [5, 5.41) is 16.5. The molecule has 0 aliphatic heterocycles. The molecule has 28 heavy (non-hydrogen) atoms. The molecule has 1 amide bonds. The standard InChI is InChI=1S/C20H13N3O3S2/c24-19(21-14-5-2-1-3-6-14)18-17(13-8-10-15(11-9-13)23(25)26)22-20(28-18)16-7-4-12-27-16/h1-12H,(H,21,24). The van der Waals surface area contributed by atoms with Gasteiger partial charge < -0.3 is 5.32 Å². The summed E-state index contributed by atoms with van der Waals surface area (Å²) < 4.78 is 0. The fourth-order valence-electron chi connectivity index (χ4n) is 2.63. The second-order valence-corrected chi connectivity index (χ2v) is 7.74. The van der Waals surface area contributed by atoms with Crippen LogP contribution in [0.2, 0.25) is 0 Å². The monoisotopic (exact) mass is 407 g/mol. The zero-order valence-corrected chi connectivity index (χ0v) is 16.0. The van der Waals surface area contributed by atoms with E-state index in [-0.39, 0.29) is 11.6 Å². The highest BCUT2D eigenvalue weighted by atomic mass is 32.1. The van der Waals surface area contributed by atoms with Gasteiger partial charge in [0.15, 0.2) is 0 Å². The second kappa shape index (κ2) is 7.71. The molecule has 0 bridgehead atoms. The van der Waals surface area contributed by atoms with Gasteiger partial charge in [-0.2, -0.15) is 0 Å². The summed E-state index contributed by atoms with van der Waals surface area (Å²) in [6, 6.07) is 19.1. The van der Waals surface area contributed by atoms with Gasteiger partial charge in [-0.15, -0.1) is 22.7 Å². The maximum absolute atomic E-state index is 12.9. The molecule has 4 aromatic rings. The Morgan fingerprint density at radius 3 is 2.39 bits per heavy atom. The van der Waals surface area contributed by atoms with Gasteiger partial charge in [0, 0.05) is 23.4 Å². The van der Waals surface area contributed by atoms with Crippen LogP contribution in [0.4, 0.5) is 11.4 Å². The lowest BCUT2D eigenvalue weighted by molar-refractivity contribution is -0.384. The first-order valence-electron chi connectivity index (χ1n) is 8.28. The first kappa shape index (κ1) is 18.0. The molecule has 0 saturated carbocycles. The predicted molar refractivity (Wildman–Crippen MR) is 112 cm³/mol. The fourth-order valence-corrected chi connectivity index (χ4v) is 4.41. The number of nitrogens with zero attached hydrogens (tertiary/aromatic N) is 2. The Bertz CT molecular complexity index is 1120. The number of rotatable bonds is 5. The molecular formula is C20H13N3O3S2. The number of amides is 1. The van der Waals surface area contributed by atoms with Crippen molar-refractivity contribution in [3.63, 3.8) is 0 Å². The maximum atomic E-state index is 12.9. The van der Waals surface area contributed by atoms with Gasteiger partial charge in [0.25, 0.3) is 11.6 Å². The first-order chi connectivity index (χ1) is 13.6. The molecule has 0 radical (unpaired) electrons. The predicted octanol–water partition coefficient (Wildman–Crippen LogP) is 5.70. The minimum Gasteiger partial charge on any atom is -0.321 e. The summed E-state index contributed by atoms with van der Waals surface area (Å²) in [6.07, 6.45) is 0. The third kappa shape index (κ3) is 3.68. The van der Waals surface area contributed by atoms with Crippen LogP contribution in [0.15, 0.2) is 72.1 Å². The van der Waals surface area contributed by atoms with Crippen LogP contribution in [0.1, 0.15) is 9.67 Å². The molecule has 0 spiro atoms. The third-order valence-electron chi connectivity index (χ3n) is 3.95. The maximum Gasteiger partial charge on any atom is 0.269 e. The van der Waals surface area contributed by atoms with E-state index < -0.39 is 4.92 Å². The Balaban J connectivity index is 1.75. The van der Waals surface area contributed by atoms with E-state index >= 15 is 0 Å². The number of nitrogens with one attached hydrogen (secondary N) is 1. The van der Waals surface area contributed by atoms with Crippen molar-refractivity contribution in [1.29, 1.82) is 0 Å². The number of para-hydroxylation sites is 1. The highest BCUT2D eigenvalue weighted by Crippen LogP contribution is 2.36. The number of carbonyl (C=O) groups excluding carboxylic acids is 1. The van der Waals surface area contributed by atoms with Crippen molar-refractivity contribution in [3.8, 4) is 21.1 Å². The second-order valence-electron chi connectivity index (χ2n) is 5.80. The quantitative estimate of drug-likeness (QED) is 0.340. The van der Waals surface area contributed by atoms with Gasteiger partial charge in [-0.05, 0) is 35.7 Å². The van der Waals surface area contributed by atoms with E-state index in [4.69, 9.17) is 0 Å². The molecule has 138 valence electrons. The van der Waals surface area contributed by atoms with Crippen LogP contribution < -0.4 is 5.32 Å². The van der Waals surface area contributed by atoms with E-state index in [9.17, 15) is 14.9 Å². The van der Waals surface area contributed by atoms with Crippen LogP contribution >= 0.6 is 22.7 Å². The largest absolute Gasteiger partial charge is 0.321 e. The zero-order chi connectivity index (χ0) is 19.5. The Hall–Kier alpha value is -3.36. The Labute approximate surface area is 168 Å². The van der Waals surface area contributed by atoms with E-state index in [1.54, 1.807) is 23.5 Å². The normalized spacial score (nSPS) is 10.6. The van der Waals surface area contributed by atoms with Crippen LogP contribution in [-0.2, 0) is 0 Å². The van der Waals surface area contributed by atoms with Crippen LogP contribution in [0.5, 0.6) is 0 Å². The average Bonchev–Trinajstić information content (AvgIpc) is 3.39. The van der Waals surface area contributed by atoms with Crippen LogP contribution in [0, 0.1) is 10.1 Å². The Kier molecular flexibility index (Phi) is 4.96. The summed E-state index contributed by atoms with van der Waals surface area (Å²) in [5.41, 5.74) is 1.85. The summed E-state index contributed by atoms with van der Waals surface area (Å²) in [7, 11) is 0. The van der Waals surface area contributed by atoms with Crippen molar-refractivity contribution in [2.24, 2.45) is 0 Å². The van der Waals surface area contributed by atoms with Crippen molar-refractivity contribution >= 4 is 40.0 Å². The molecule has 2 aromatic carbocycles. The van der Waals surface area contributed by atoms with Crippen LogP contribution in [0.3, 0.4) is 0 Å². The van der Waals surface area contributed by atoms with Gasteiger partial charge in [-0.3, -0.25) is 14.9 Å². The van der Waals surface area contributed by atoms with Gasteiger partial charge in [-0.1, -0.05) is 24.3 Å². The SMILES string of the molecule is O=C(Nc1ccccc1)c1sc(-c2cccs2)nc1-c1ccc([N+](=O)[O-])cc1. The highest BCUT2D eigenvalue weighted by Gasteiger charge is 2.21. The number of benzene rings is 2. The first-order valence-corrected chi connectivity index (χ1v) is 9.97. The molecule has 0 saturated heterocycles. The van der Waals surface area contributed by atoms with Crippen LogP contribution in [0.25, 0.3) is 21.1 Å². The molecule has 8 heteroatoms. The highest BCUT2D eigenvalue weighted by molar-refractivity contribution is 7.22. The molecule has 1 N–H and O–H groups in total. The average molecular weight is 407 g/mol. The zero-order valence-electron chi connectivity index (χ0n) is 14.4. The van der Waals surface area contributed by atoms with Crippen molar-refractivity contribution < 1.29 is 9.72 Å². The van der Waals surface area contributed by atoms with Crippen molar-refractivity contribution in [3.05, 3.63) is 87.1 Å². The molecule has 2 aromatic heterocycles. The van der Waals surface area contributed by atoms with E-state index in [0.717, 1.165) is 9.88 Å². The molecule has 0 aliphatic rings. The number of nitro groups is 1. The van der Waals surface area contributed by atoms with Crippen molar-refractivity contribution in [2.45, 2.75) is 0 Å². The third-order valence-corrected chi connectivity index (χ3v) is 6.04. The number of non-ortho nitro benzene ring substituents is 1. The number of thiophene rings is 1. The van der Waals surface area contributed by atoms with Gasteiger partial charge in [-0.25, -0.2) is 4.98 Å². The number of thiazole rings is 1. The molecule has 0 atom stereocenters. The number of carbonyl (C=O) groups is 1. The summed E-state index contributed by atoms with van der Waals surface area (Å²) >= 11 is 2.85. The lowest BCUT2D eigenvalue weighted by Crippen LogP contribution is -2.11. The molecule has 0 fully saturated rings. The molecular weight excluding hydrogens is 394 g/mol. The smallest absolute Gasteiger partial charge is 0.269 e. The Morgan fingerprint density at radius 2 is 1.75 bits per heavy atom. The number of hydrogen-bond donors (Lipinski definition) is 1. The lowest BCUT2D eigenvalue weighted by Gasteiger charge is -2.05.